The summed E-state index contributed by atoms with van der Waals surface area (Å²) in [5.74, 6) is 0.931. The normalized spacial score (nSPS) is 10.6. The Morgan fingerprint density at radius 1 is 0.875 bits per heavy atom. The van der Waals surface area contributed by atoms with E-state index < -0.39 is 0 Å². The van der Waals surface area contributed by atoms with Gasteiger partial charge in [0, 0.05) is 6.54 Å². The third-order valence-corrected chi connectivity index (χ3v) is 4.38. The van der Waals surface area contributed by atoms with E-state index in [1.54, 1.807) is 7.11 Å². The van der Waals surface area contributed by atoms with E-state index in [0.29, 0.717) is 6.42 Å². The van der Waals surface area contributed by atoms with E-state index in [1.165, 1.54) is 57.8 Å². The van der Waals surface area contributed by atoms with Crippen LogP contribution in [0.15, 0.2) is 24.3 Å². The van der Waals surface area contributed by atoms with Gasteiger partial charge in [-0.25, -0.2) is 0 Å². The Balaban J connectivity index is 1.94. The molecule has 1 rings (SSSR count). The van der Waals surface area contributed by atoms with Crippen molar-refractivity contribution in [1.29, 1.82) is 0 Å². The van der Waals surface area contributed by atoms with Crippen LogP contribution in [0.25, 0.3) is 0 Å². The lowest BCUT2D eigenvalue weighted by Gasteiger charge is -2.06. The quantitative estimate of drug-likeness (QED) is 0.471. The largest absolute Gasteiger partial charge is 0.497 e. The molecule has 1 N–H and O–H groups in total. The maximum absolute atomic E-state index is 11.9. The summed E-state index contributed by atoms with van der Waals surface area (Å²) >= 11 is 0. The highest BCUT2D eigenvalue weighted by molar-refractivity contribution is 5.78. The number of amides is 1. The second-order valence-corrected chi connectivity index (χ2v) is 6.56. The molecule has 0 heterocycles. The molecular weight excluding hydrogens is 298 g/mol. The van der Waals surface area contributed by atoms with Gasteiger partial charge in [-0.2, -0.15) is 0 Å². The van der Waals surface area contributed by atoms with Crippen LogP contribution in [0, 0.1) is 0 Å². The summed E-state index contributed by atoms with van der Waals surface area (Å²) in [5.41, 5.74) is 1.02. The predicted octanol–water partition coefficient (Wildman–Crippen LogP) is 5.27. The van der Waals surface area contributed by atoms with E-state index in [2.05, 4.69) is 12.2 Å². The zero-order valence-electron chi connectivity index (χ0n) is 15.6. The molecule has 1 aromatic rings. The van der Waals surface area contributed by atoms with Gasteiger partial charge in [-0.15, -0.1) is 0 Å². The fourth-order valence-corrected chi connectivity index (χ4v) is 2.83. The number of nitrogens with one attached hydrogen (secondary N) is 1. The van der Waals surface area contributed by atoms with Gasteiger partial charge < -0.3 is 10.1 Å². The number of benzene rings is 1. The van der Waals surface area contributed by atoms with Crippen LogP contribution in [0.5, 0.6) is 5.75 Å². The maximum atomic E-state index is 11.9. The van der Waals surface area contributed by atoms with Gasteiger partial charge >= 0.3 is 0 Å². The Labute approximate surface area is 148 Å². The molecule has 0 radical (unpaired) electrons. The third kappa shape index (κ3) is 10.3. The Kier molecular flexibility index (Phi) is 11.9. The van der Waals surface area contributed by atoms with Gasteiger partial charge in [0.1, 0.15) is 5.75 Å². The number of unbranched alkanes of at least 4 members (excludes halogenated alkanes) is 9. The minimum Gasteiger partial charge on any atom is -0.497 e. The molecule has 0 bridgehead atoms. The van der Waals surface area contributed by atoms with E-state index >= 15 is 0 Å². The number of hydrogen-bond acceptors (Lipinski definition) is 2. The molecule has 0 aromatic heterocycles. The molecule has 0 atom stereocenters. The molecule has 1 aromatic carbocycles. The molecule has 0 saturated heterocycles. The number of rotatable bonds is 14. The molecule has 1 amide bonds. The average molecular weight is 334 g/mol. The van der Waals surface area contributed by atoms with E-state index in [4.69, 9.17) is 4.74 Å². The highest BCUT2D eigenvalue weighted by Crippen LogP contribution is 2.12. The summed E-state index contributed by atoms with van der Waals surface area (Å²) in [5, 5.41) is 3.01. The molecule has 0 saturated carbocycles. The summed E-state index contributed by atoms with van der Waals surface area (Å²) in [6.07, 6.45) is 13.6. The van der Waals surface area contributed by atoms with Crippen molar-refractivity contribution in [1.82, 2.24) is 5.32 Å². The lowest BCUT2D eigenvalue weighted by atomic mass is 10.1. The lowest BCUT2D eigenvalue weighted by Crippen LogP contribution is -2.26. The molecule has 0 fully saturated rings. The van der Waals surface area contributed by atoms with Gasteiger partial charge in [-0.3, -0.25) is 4.79 Å². The topological polar surface area (TPSA) is 38.3 Å². The molecule has 0 aliphatic carbocycles. The van der Waals surface area contributed by atoms with Gasteiger partial charge in [-0.05, 0) is 24.1 Å². The van der Waals surface area contributed by atoms with Crippen LogP contribution >= 0.6 is 0 Å². The fourth-order valence-electron chi connectivity index (χ4n) is 2.83. The van der Waals surface area contributed by atoms with Gasteiger partial charge in [0.05, 0.1) is 13.5 Å². The van der Waals surface area contributed by atoms with Crippen molar-refractivity contribution < 1.29 is 9.53 Å². The molecule has 3 nitrogen and oxygen atoms in total. The van der Waals surface area contributed by atoms with Crippen molar-refractivity contribution >= 4 is 5.91 Å². The van der Waals surface area contributed by atoms with Crippen LogP contribution in [-0.2, 0) is 11.2 Å². The first-order valence-corrected chi connectivity index (χ1v) is 9.66. The second-order valence-electron chi connectivity index (χ2n) is 6.56. The molecule has 136 valence electrons. The van der Waals surface area contributed by atoms with Crippen LogP contribution in [0.4, 0.5) is 0 Å². The molecule has 24 heavy (non-hydrogen) atoms. The van der Waals surface area contributed by atoms with E-state index in [1.807, 2.05) is 24.3 Å². The van der Waals surface area contributed by atoms with Gasteiger partial charge in [0.25, 0.3) is 0 Å². The zero-order valence-corrected chi connectivity index (χ0v) is 15.6. The number of hydrogen-bond donors (Lipinski definition) is 1. The summed E-state index contributed by atoms with van der Waals surface area (Å²) in [4.78, 5) is 11.9. The van der Waals surface area contributed by atoms with Crippen LogP contribution < -0.4 is 10.1 Å². The van der Waals surface area contributed by atoms with Crippen LogP contribution in [0.3, 0.4) is 0 Å². The molecule has 0 aliphatic heterocycles. The van der Waals surface area contributed by atoms with Crippen LogP contribution in [0.1, 0.15) is 76.7 Å². The molecule has 0 unspecified atom stereocenters. The summed E-state index contributed by atoms with van der Waals surface area (Å²) in [7, 11) is 1.65. The second kappa shape index (κ2) is 13.9. The first kappa shape index (κ1) is 20.5. The Morgan fingerprint density at radius 3 is 1.96 bits per heavy atom. The minimum absolute atomic E-state index is 0.107. The summed E-state index contributed by atoms with van der Waals surface area (Å²) in [6, 6.07) is 7.67. The Hall–Kier alpha value is -1.51. The van der Waals surface area contributed by atoms with E-state index in [0.717, 1.165) is 24.3 Å². The highest BCUT2D eigenvalue weighted by Gasteiger charge is 2.03. The highest BCUT2D eigenvalue weighted by atomic mass is 16.5. The molecule has 0 aliphatic rings. The Bertz CT molecular complexity index is 428. The standard InChI is InChI=1S/C21H35NO2/c1-3-4-5-6-7-8-9-10-11-12-17-22-21(23)18-19-13-15-20(24-2)16-14-19/h13-16H,3-12,17-18H2,1-2H3,(H,22,23). The fraction of sp³-hybridized carbons (Fsp3) is 0.667. The molecular formula is C21H35NO2. The predicted molar refractivity (Wildman–Crippen MR) is 102 cm³/mol. The minimum atomic E-state index is 0.107. The van der Waals surface area contributed by atoms with Crippen molar-refractivity contribution in [3.05, 3.63) is 29.8 Å². The van der Waals surface area contributed by atoms with Crippen molar-refractivity contribution in [3.8, 4) is 5.75 Å². The summed E-state index contributed by atoms with van der Waals surface area (Å²) < 4.78 is 5.12. The SMILES string of the molecule is CCCCCCCCCCCCNC(=O)Cc1ccc(OC)cc1. The van der Waals surface area contributed by atoms with Crippen molar-refractivity contribution in [2.45, 2.75) is 77.6 Å². The van der Waals surface area contributed by atoms with Crippen LogP contribution in [0.2, 0.25) is 0 Å². The number of carbonyl (C=O) groups is 1. The van der Waals surface area contributed by atoms with E-state index in [9.17, 15) is 4.79 Å². The van der Waals surface area contributed by atoms with Crippen LogP contribution in [-0.4, -0.2) is 19.6 Å². The lowest BCUT2D eigenvalue weighted by molar-refractivity contribution is -0.120. The van der Waals surface area contributed by atoms with Gasteiger partial charge in [0.2, 0.25) is 5.91 Å². The molecule has 3 heteroatoms. The van der Waals surface area contributed by atoms with Crippen molar-refractivity contribution in [3.63, 3.8) is 0 Å². The average Bonchev–Trinajstić information content (AvgIpc) is 2.60. The number of carbonyl (C=O) groups excluding carboxylic acids is 1. The first-order valence-electron chi connectivity index (χ1n) is 9.66. The molecule has 0 spiro atoms. The first-order chi connectivity index (χ1) is 11.8. The monoisotopic (exact) mass is 333 g/mol. The zero-order chi connectivity index (χ0) is 17.5. The summed E-state index contributed by atoms with van der Waals surface area (Å²) in [6.45, 7) is 3.06. The van der Waals surface area contributed by atoms with Crippen molar-refractivity contribution in [2.24, 2.45) is 0 Å². The number of ether oxygens (including phenoxy) is 1. The number of methoxy groups -OCH3 is 1. The van der Waals surface area contributed by atoms with Gasteiger partial charge in [0.15, 0.2) is 0 Å². The maximum Gasteiger partial charge on any atom is 0.224 e. The smallest absolute Gasteiger partial charge is 0.224 e. The van der Waals surface area contributed by atoms with E-state index in [-0.39, 0.29) is 5.91 Å². The van der Waals surface area contributed by atoms with Gasteiger partial charge in [-0.1, -0.05) is 76.8 Å². The Morgan fingerprint density at radius 2 is 1.42 bits per heavy atom. The van der Waals surface area contributed by atoms with Crippen molar-refractivity contribution in [2.75, 3.05) is 13.7 Å². The third-order valence-electron chi connectivity index (χ3n) is 4.38.